The van der Waals surface area contributed by atoms with E-state index in [1.165, 1.54) is 0 Å². The second-order valence-corrected chi connectivity index (χ2v) is 6.40. The van der Waals surface area contributed by atoms with Crippen molar-refractivity contribution >= 4 is 29.0 Å². The van der Waals surface area contributed by atoms with E-state index >= 15 is 0 Å². The number of allylic oxidation sites excluding steroid dienone is 1. The normalized spacial score (nSPS) is 11.6. The molecular formula is C20H18ClF3N2O2. The molecule has 0 amide bonds. The predicted molar refractivity (Wildman–Crippen MR) is 103 cm³/mol. The van der Waals surface area contributed by atoms with Crippen molar-refractivity contribution in [3.63, 3.8) is 0 Å². The summed E-state index contributed by atoms with van der Waals surface area (Å²) in [5.41, 5.74) is 0.993. The van der Waals surface area contributed by atoms with Crippen molar-refractivity contribution < 1.29 is 23.1 Å². The van der Waals surface area contributed by atoms with Crippen LogP contribution in [0.5, 0.6) is 0 Å². The first kappa shape index (κ1) is 21.5. The lowest BCUT2D eigenvalue weighted by Crippen LogP contribution is -2.11. The molecule has 2 aromatic rings. The van der Waals surface area contributed by atoms with Gasteiger partial charge in [0.25, 0.3) is 0 Å². The second-order valence-electron chi connectivity index (χ2n) is 5.96. The lowest BCUT2D eigenvalue weighted by atomic mass is 10.0. The molecule has 0 aliphatic heterocycles. The molecule has 0 aliphatic carbocycles. The predicted octanol–water partition coefficient (Wildman–Crippen LogP) is 5.54. The number of benzene rings is 2. The first-order valence-corrected chi connectivity index (χ1v) is 8.72. The van der Waals surface area contributed by atoms with Crippen LogP contribution in [0.15, 0.2) is 48.6 Å². The van der Waals surface area contributed by atoms with Gasteiger partial charge in [-0.15, -0.1) is 0 Å². The number of aryl methyl sites for hydroxylation is 1. The van der Waals surface area contributed by atoms with Gasteiger partial charge >= 0.3 is 12.1 Å². The molecule has 0 unspecified atom stereocenters. The number of carboxylic acids is 1. The second kappa shape index (κ2) is 8.93. The largest absolute Gasteiger partial charge is 0.478 e. The topological polar surface area (TPSA) is 73.2 Å². The molecule has 0 atom stereocenters. The standard InChI is InChI=1S/C20H18ClF3N2O2/c1-2-12-9-15(21)5-3-13(12)11-26-18-10-14(20(22,23)24)4-6-16(18)17(25)7-8-19(27)28/h3-10,25-26H,2,11H2,1H3,(H,27,28)/b8-7+,25-17?. The van der Waals surface area contributed by atoms with Gasteiger partial charge in [-0.2, -0.15) is 13.2 Å². The summed E-state index contributed by atoms with van der Waals surface area (Å²) in [6.45, 7) is 2.17. The number of hydrogen-bond donors (Lipinski definition) is 3. The molecule has 0 radical (unpaired) electrons. The van der Waals surface area contributed by atoms with Crippen molar-refractivity contribution in [3.8, 4) is 0 Å². The number of nitrogens with one attached hydrogen (secondary N) is 2. The zero-order valence-electron chi connectivity index (χ0n) is 14.9. The maximum Gasteiger partial charge on any atom is 0.416 e. The van der Waals surface area contributed by atoms with Crippen molar-refractivity contribution in [1.29, 1.82) is 5.41 Å². The van der Waals surface area contributed by atoms with Crippen LogP contribution in [0, 0.1) is 5.41 Å². The number of aliphatic carboxylic acids is 1. The highest BCUT2D eigenvalue weighted by atomic mass is 35.5. The maximum atomic E-state index is 13.1. The number of alkyl halides is 3. The lowest BCUT2D eigenvalue weighted by Gasteiger charge is -2.16. The molecule has 0 aromatic heterocycles. The molecule has 2 aromatic carbocycles. The molecule has 0 fully saturated rings. The van der Waals surface area contributed by atoms with Crippen molar-refractivity contribution in [2.75, 3.05) is 5.32 Å². The van der Waals surface area contributed by atoms with Crippen LogP contribution in [-0.2, 0) is 23.9 Å². The maximum absolute atomic E-state index is 13.1. The minimum absolute atomic E-state index is 0.0897. The van der Waals surface area contributed by atoms with E-state index in [-0.39, 0.29) is 23.5 Å². The van der Waals surface area contributed by atoms with E-state index in [1.54, 1.807) is 18.2 Å². The minimum Gasteiger partial charge on any atom is -0.478 e. The van der Waals surface area contributed by atoms with Gasteiger partial charge in [0.15, 0.2) is 0 Å². The van der Waals surface area contributed by atoms with E-state index in [1.807, 2.05) is 6.92 Å². The average molecular weight is 411 g/mol. The fraction of sp³-hybridized carbons (Fsp3) is 0.200. The molecule has 2 rings (SSSR count). The van der Waals surface area contributed by atoms with E-state index in [2.05, 4.69) is 5.32 Å². The molecule has 0 spiro atoms. The smallest absolute Gasteiger partial charge is 0.416 e. The van der Waals surface area contributed by atoms with Gasteiger partial charge in [-0.25, -0.2) is 4.79 Å². The Morgan fingerprint density at radius 2 is 1.89 bits per heavy atom. The molecule has 0 bridgehead atoms. The zero-order chi connectivity index (χ0) is 20.9. The Kier molecular flexibility index (Phi) is 6.85. The molecular weight excluding hydrogens is 393 g/mol. The molecule has 3 N–H and O–H groups in total. The molecule has 8 heteroatoms. The number of carboxylic acid groups (broad SMARTS) is 1. The van der Waals surface area contributed by atoms with Crippen molar-refractivity contribution in [1.82, 2.24) is 0 Å². The van der Waals surface area contributed by atoms with Gasteiger partial charge < -0.3 is 15.8 Å². The molecule has 0 saturated carbocycles. The third-order valence-corrected chi connectivity index (χ3v) is 4.28. The van der Waals surface area contributed by atoms with Crippen LogP contribution < -0.4 is 5.32 Å². The monoisotopic (exact) mass is 410 g/mol. The van der Waals surface area contributed by atoms with Crippen LogP contribution in [0.25, 0.3) is 0 Å². The van der Waals surface area contributed by atoms with E-state index in [9.17, 15) is 18.0 Å². The van der Waals surface area contributed by atoms with Gasteiger partial charge in [0.05, 0.1) is 11.3 Å². The number of carbonyl (C=O) groups is 1. The fourth-order valence-electron chi connectivity index (χ4n) is 2.63. The summed E-state index contributed by atoms with van der Waals surface area (Å²) in [6.07, 6.45) is -2.05. The van der Waals surface area contributed by atoms with E-state index < -0.39 is 17.7 Å². The molecule has 0 aliphatic rings. The van der Waals surface area contributed by atoms with Gasteiger partial charge in [0.2, 0.25) is 0 Å². The zero-order valence-corrected chi connectivity index (χ0v) is 15.7. The highest BCUT2D eigenvalue weighted by Gasteiger charge is 2.31. The summed E-state index contributed by atoms with van der Waals surface area (Å²) in [4.78, 5) is 10.7. The molecule has 148 valence electrons. The van der Waals surface area contributed by atoms with Gasteiger partial charge in [-0.05, 0) is 47.9 Å². The van der Waals surface area contributed by atoms with Crippen LogP contribution in [0.3, 0.4) is 0 Å². The van der Waals surface area contributed by atoms with Gasteiger partial charge in [-0.1, -0.05) is 30.7 Å². The first-order chi connectivity index (χ1) is 13.1. The third kappa shape index (κ3) is 5.60. The number of anilines is 1. The lowest BCUT2D eigenvalue weighted by molar-refractivity contribution is -0.137. The van der Waals surface area contributed by atoms with E-state index in [0.29, 0.717) is 11.4 Å². The van der Waals surface area contributed by atoms with Crippen molar-refractivity contribution in [2.24, 2.45) is 0 Å². The Morgan fingerprint density at radius 3 is 2.50 bits per heavy atom. The van der Waals surface area contributed by atoms with Gasteiger partial charge in [0.1, 0.15) is 0 Å². The van der Waals surface area contributed by atoms with E-state index in [4.69, 9.17) is 22.1 Å². The van der Waals surface area contributed by atoms with E-state index in [0.717, 1.165) is 41.5 Å². The van der Waals surface area contributed by atoms with Gasteiger partial charge in [-0.3, -0.25) is 0 Å². The van der Waals surface area contributed by atoms with Gasteiger partial charge in [0, 0.05) is 28.9 Å². The molecule has 4 nitrogen and oxygen atoms in total. The van der Waals surface area contributed by atoms with Crippen LogP contribution in [0.2, 0.25) is 5.02 Å². The Morgan fingerprint density at radius 1 is 1.18 bits per heavy atom. The fourth-order valence-corrected chi connectivity index (χ4v) is 2.83. The average Bonchev–Trinajstić information content (AvgIpc) is 2.64. The number of halogens is 4. The third-order valence-electron chi connectivity index (χ3n) is 4.05. The summed E-state index contributed by atoms with van der Waals surface area (Å²) in [5.74, 6) is -1.25. The number of hydrogen-bond acceptors (Lipinski definition) is 3. The Hall–Kier alpha value is -2.80. The van der Waals surface area contributed by atoms with Crippen molar-refractivity contribution in [3.05, 3.63) is 75.8 Å². The van der Waals surface area contributed by atoms with Crippen LogP contribution in [0.1, 0.15) is 29.2 Å². The first-order valence-electron chi connectivity index (χ1n) is 8.34. The minimum atomic E-state index is -4.54. The van der Waals surface area contributed by atoms with Crippen molar-refractivity contribution in [2.45, 2.75) is 26.1 Å². The molecule has 28 heavy (non-hydrogen) atoms. The summed E-state index contributed by atoms with van der Waals surface area (Å²) in [7, 11) is 0. The SMILES string of the molecule is CCc1cc(Cl)ccc1CNc1cc(C(F)(F)F)ccc1C(=N)/C=C/C(=O)O. The van der Waals surface area contributed by atoms with Crippen LogP contribution in [0.4, 0.5) is 18.9 Å². The molecule has 0 heterocycles. The Labute approximate surface area is 165 Å². The highest BCUT2D eigenvalue weighted by molar-refractivity contribution is 6.30. The highest BCUT2D eigenvalue weighted by Crippen LogP contribution is 2.33. The summed E-state index contributed by atoms with van der Waals surface area (Å²) >= 11 is 5.98. The summed E-state index contributed by atoms with van der Waals surface area (Å²) in [5, 5.41) is 20.2. The van der Waals surface area contributed by atoms with Crippen LogP contribution >= 0.6 is 11.6 Å². The quantitative estimate of drug-likeness (QED) is 0.414. The Bertz CT molecular complexity index is 924. The Balaban J connectivity index is 2.39. The summed E-state index contributed by atoms with van der Waals surface area (Å²) in [6, 6.07) is 8.22. The number of rotatable bonds is 7. The summed E-state index contributed by atoms with van der Waals surface area (Å²) < 4.78 is 39.3. The van der Waals surface area contributed by atoms with Crippen LogP contribution in [-0.4, -0.2) is 16.8 Å². The molecule has 0 saturated heterocycles.